The lowest BCUT2D eigenvalue weighted by molar-refractivity contribution is -0.141. The molecule has 0 aromatic carbocycles. The van der Waals surface area contributed by atoms with Gasteiger partial charge in [-0.1, -0.05) is 0 Å². The van der Waals surface area contributed by atoms with Crippen molar-refractivity contribution in [2.24, 2.45) is 0 Å². The maximum Gasteiger partial charge on any atom is 0.435 e. The zero-order chi connectivity index (χ0) is 11.9. The number of aryl methyl sites for hydroxylation is 1. The summed E-state index contributed by atoms with van der Waals surface area (Å²) in [5.41, 5.74) is -0.905. The predicted molar refractivity (Wildman–Crippen MR) is 49.0 cm³/mol. The molecule has 0 amide bonds. The first-order valence-electron chi connectivity index (χ1n) is 4.31. The van der Waals surface area contributed by atoms with Gasteiger partial charge in [0, 0.05) is 0 Å². The molecule has 7 heteroatoms. The van der Waals surface area contributed by atoms with Gasteiger partial charge in [-0.3, -0.25) is 4.79 Å². The van der Waals surface area contributed by atoms with Crippen LogP contribution >= 0.6 is 0 Å². The Balaban J connectivity index is 2.70. The monoisotopic (exact) mass is 229 g/mol. The van der Waals surface area contributed by atoms with Gasteiger partial charge in [-0.25, -0.2) is 9.97 Å². The molecule has 0 atom stereocenters. The molecular formula is C9H6F3N3O. The quantitative estimate of drug-likeness (QED) is 0.762. The van der Waals surface area contributed by atoms with Gasteiger partial charge in [0.2, 0.25) is 0 Å². The molecule has 0 radical (unpaired) electrons. The third-order valence-corrected chi connectivity index (χ3v) is 2.05. The highest BCUT2D eigenvalue weighted by molar-refractivity contribution is 5.83. The van der Waals surface area contributed by atoms with Gasteiger partial charge in [-0.05, 0) is 13.0 Å². The minimum absolute atomic E-state index is 0.0278. The first-order valence-corrected chi connectivity index (χ1v) is 4.31. The van der Waals surface area contributed by atoms with E-state index in [-0.39, 0.29) is 22.6 Å². The Morgan fingerprint density at radius 2 is 2.06 bits per heavy atom. The van der Waals surface area contributed by atoms with Gasteiger partial charge in [0.05, 0.1) is 11.4 Å². The summed E-state index contributed by atoms with van der Waals surface area (Å²) in [4.78, 5) is 20.1. The van der Waals surface area contributed by atoms with E-state index in [2.05, 4.69) is 15.0 Å². The van der Waals surface area contributed by atoms with Crippen molar-refractivity contribution in [1.29, 1.82) is 0 Å². The molecule has 0 aliphatic heterocycles. The molecule has 2 heterocycles. The van der Waals surface area contributed by atoms with E-state index in [1.165, 1.54) is 13.0 Å². The first kappa shape index (κ1) is 10.6. The third-order valence-electron chi connectivity index (χ3n) is 2.05. The number of nitrogens with zero attached hydrogens (tertiary/aromatic N) is 2. The van der Waals surface area contributed by atoms with Gasteiger partial charge in [0.1, 0.15) is 5.52 Å². The van der Waals surface area contributed by atoms with Crippen molar-refractivity contribution in [2.45, 2.75) is 13.1 Å². The SMILES string of the molecule is Cc1nc2[nH]c(C=O)cc2nc1C(F)(F)F. The van der Waals surface area contributed by atoms with Gasteiger partial charge >= 0.3 is 6.18 Å². The van der Waals surface area contributed by atoms with Crippen LogP contribution in [0, 0.1) is 6.92 Å². The molecule has 0 fully saturated rings. The van der Waals surface area contributed by atoms with E-state index in [0.717, 1.165) is 0 Å². The van der Waals surface area contributed by atoms with Crippen LogP contribution in [0.1, 0.15) is 21.9 Å². The van der Waals surface area contributed by atoms with Crippen molar-refractivity contribution >= 4 is 17.5 Å². The maximum atomic E-state index is 12.5. The molecule has 0 spiro atoms. The number of aromatic nitrogens is 3. The molecule has 0 unspecified atom stereocenters. The number of aldehydes is 1. The van der Waals surface area contributed by atoms with Crippen molar-refractivity contribution in [2.75, 3.05) is 0 Å². The molecule has 0 saturated carbocycles. The van der Waals surface area contributed by atoms with Crippen molar-refractivity contribution in [3.05, 3.63) is 23.1 Å². The first-order chi connectivity index (χ1) is 7.41. The van der Waals surface area contributed by atoms with E-state index in [0.29, 0.717) is 6.29 Å². The summed E-state index contributed by atoms with van der Waals surface area (Å²) in [6, 6.07) is 1.23. The van der Waals surface area contributed by atoms with Crippen LogP contribution in [0.2, 0.25) is 0 Å². The molecule has 84 valence electrons. The molecule has 0 saturated heterocycles. The lowest BCUT2D eigenvalue weighted by Gasteiger charge is -2.07. The van der Waals surface area contributed by atoms with Crippen LogP contribution in [-0.2, 0) is 6.18 Å². The summed E-state index contributed by atoms with van der Waals surface area (Å²) in [6.45, 7) is 1.22. The number of halogens is 3. The van der Waals surface area contributed by atoms with Gasteiger partial charge in [-0.15, -0.1) is 0 Å². The predicted octanol–water partition coefficient (Wildman–Crippen LogP) is 2.10. The fraction of sp³-hybridized carbons (Fsp3) is 0.222. The summed E-state index contributed by atoms with van der Waals surface area (Å²) in [5.74, 6) is 0. The number of H-pyrrole nitrogens is 1. The Labute approximate surface area is 87.5 Å². The standard InChI is InChI=1S/C9H6F3N3O/c1-4-7(9(10,11)12)15-6-2-5(3-16)14-8(6)13-4/h2-3H,1H3,(H,13,14). The lowest BCUT2D eigenvalue weighted by atomic mass is 10.3. The molecule has 0 bridgehead atoms. The van der Waals surface area contributed by atoms with Crippen LogP contribution in [0.15, 0.2) is 6.07 Å². The lowest BCUT2D eigenvalue weighted by Crippen LogP contribution is -2.11. The Bertz CT molecular complexity index is 559. The number of nitrogens with one attached hydrogen (secondary N) is 1. The largest absolute Gasteiger partial charge is 0.435 e. The van der Waals surface area contributed by atoms with Crippen LogP contribution in [0.5, 0.6) is 0 Å². The minimum atomic E-state index is -4.54. The fourth-order valence-corrected chi connectivity index (χ4v) is 1.38. The fourth-order valence-electron chi connectivity index (χ4n) is 1.38. The maximum absolute atomic E-state index is 12.5. The van der Waals surface area contributed by atoms with Crippen LogP contribution in [0.25, 0.3) is 11.2 Å². The highest BCUT2D eigenvalue weighted by atomic mass is 19.4. The zero-order valence-electron chi connectivity index (χ0n) is 8.09. The number of carbonyl (C=O) groups excluding carboxylic acids is 1. The van der Waals surface area contributed by atoms with Crippen LogP contribution < -0.4 is 0 Å². The third kappa shape index (κ3) is 1.64. The van der Waals surface area contributed by atoms with E-state index in [9.17, 15) is 18.0 Å². The molecular weight excluding hydrogens is 223 g/mol. The Kier molecular flexibility index (Phi) is 2.18. The molecule has 2 rings (SSSR count). The van der Waals surface area contributed by atoms with Gasteiger partial charge in [-0.2, -0.15) is 13.2 Å². The number of alkyl halides is 3. The molecule has 16 heavy (non-hydrogen) atoms. The normalized spacial score (nSPS) is 12.0. The second-order valence-corrected chi connectivity index (χ2v) is 3.23. The van der Waals surface area contributed by atoms with E-state index in [1.807, 2.05) is 0 Å². The van der Waals surface area contributed by atoms with Crippen molar-refractivity contribution < 1.29 is 18.0 Å². The van der Waals surface area contributed by atoms with Gasteiger partial charge in [0.25, 0.3) is 0 Å². The average molecular weight is 229 g/mol. The smallest absolute Gasteiger partial charge is 0.336 e. The summed E-state index contributed by atoms with van der Waals surface area (Å²) < 4.78 is 37.4. The van der Waals surface area contributed by atoms with Crippen molar-refractivity contribution in [3.63, 3.8) is 0 Å². The molecule has 4 nitrogen and oxygen atoms in total. The second kappa shape index (κ2) is 3.29. The Hall–Kier alpha value is -1.92. The van der Waals surface area contributed by atoms with Gasteiger partial charge in [0.15, 0.2) is 17.6 Å². The zero-order valence-corrected chi connectivity index (χ0v) is 8.09. The Morgan fingerprint density at radius 1 is 1.38 bits per heavy atom. The number of aromatic amines is 1. The van der Waals surface area contributed by atoms with E-state index in [1.54, 1.807) is 0 Å². The molecule has 0 aliphatic carbocycles. The van der Waals surface area contributed by atoms with Crippen LogP contribution in [0.4, 0.5) is 13.2 Å². The summed E-state index contributed by atoms with van der Waals surface area (Å²) in [5, 5.41) is 0. The summed E-state index contributed by atoms with van der Waals surface area (Å²) in [7, 11) is 0. The summed E-state index contributed by atoms with van der Waals surface area (Å²) in [6.07, 6.45) is -4.05. The number of hydrogen-bond donors (Lipinski definition) is 1. The topological polar surface area (TPSA) is 58.6 Å². The van der Waals surface area contributed by atoms with Gasteiger partial charge < -0.3 is 4.98 Å². The average Bonchev–Trinajstić information content (AvgIpc) is 2.56. The van der Waals surface area contributed by atoms with Crippen molar-refractivity contribution in [1.82, 2.24) is 15.0 Å². The number of fused-ring (bicyclic) bond motifs is 1. The highest BCUT2D eigenvalue weighted by Crippen LogP contribution is 2.30. The van der Waals surface area contributed by atoms with Crippen molar-refractivity contribution in [3.8, 4) is 0 Å². The number of rotatable bonds is 1. The highest BCUT2D eigenvalue weighted by Gasteiger charge is 2.35. The second-order valence-electron chi connectivity index (χ2n) is 3.23. The van der Waals surface area contributed by atoms with Crippen LogP contribution in [0.3, 0.4) is 0 Å². The molecule has 0 aliphatic rings. The van der Waals surface area contributed by atoms with Crippen LogP contribution in [-0.4, -0.2) is 21.2 Å². The molecule has 2 aromatic rings. The van der Waals surface area contributed by atoms with E-state index in [4.69, 9.17) is 0 Å². The number of carbonyl (C=O) groups is 1. The molecule has 2 aromatic heterocycles. The minimum Gasteiger partial charge on any atom is -0.336 e. The van der Waals surface area contributed by atoms with E-state index < -0.39 is 11.9 Å². The van der Waals surface area contributed by atoms with E-state index >= 15 is 0 Å². The Morgan fingerprint density at radius 3 is 2.62 bits per heavy atom. The molecule has 1 N–H and O–H groups in total. The number of hydrogen-bond acceptors (Lipinski definition) is 3. The summed E-state index contributed by atoms with van der Waals surface area (Å²) >= 11 is 0.